The van der Waals surface area contributed by atoms with Gasteiger partial charge in [0, 0.05) is 28.8 Å². The molecule has 2 aromatic carbocycles. The van der Waals surface area contributed by atoms with Crippen LogP contribution in [0.15, 0.2) is 60.8 Å². The Kier molecular flexibility index (Phi) is 5.08. The van der Waals surface area contributed by atoms with Crippen molar-refractivity contribution in [2.24, 2.45) is 0 Å². The Morgan fingerprint density at radius 1 is 1.12 bits per heavy atom. The SMILES string of the molecule is CN(CC(=O)Nc1ccccc1)Cc1ccc(Cl)c2cccnc12. The van der Waals surface area contributed by atoms with Crippen LogP contribution in [-0.4, -0.2) is 29.4 Å². The molecule has 0 unspecified atom stereocenters. The van der Waals surface area contributed by atoms with E-state index in [0.717, 1.165) is 22.2 Å². The normalized spacial score (nSPS) is 11.0. The molecule has 0 bridgehead atoms. The molecule has 0 atom stereocenters. The van der Waals surface area contributed by atoms with Crippen molar-refractivity contribution in [3.8, 4) is 0 Å². The average Bonchev–Trinajstić information content (AvgIpc) is 2.58. The summed E-state index contributed by atoms with van der Waals surface area (Å²) in [4.78, 5) is 18.5. The van der Waals surface area contributed by atoms with Gasteiger partial charge in [-0.25, -0.2) is 0 Å². The maximum atomic E-state index is 12.1. The van der Waals surface area contributed by atoms with Crippen LogP contribution < -0.4 is 5.32 Å². The number of nitrogens with one attached hydrogen (secondary N) is 1. The molecule has 0 aliphatic carbocycles. The molecule has 0 aliphatic heterocycles. The first-order valence-corrected chi connectivity index (χ1v) is 8.07. The van der Waals surface area contributed by atoms with Gasteiger partial charge in [-0.05, 0) is 42.9 Å². The quantitative estimate of drug-likeness (QED) is 0.765. The zero-order valence-corrected chi connectivity index (χ0v) is 14.1. The van der Waals surface area contributed by atoms with Crippen LogP contribution in [0.25, 0.3) is 10.9 Å². The Morgan fingerprint density at radius 3 is 2.71 bits per heavy atom. The molecule has 4 nitrogen and oxygen atoms in total. The Bertz CT molecular complexity index is 852. The second kappa shape index (κ2) is 7.43. The number of halogens is 1. The molecular weight excluding hydrogens is 322 g/mol. The van der Waals surface area contributed by atoms with Crippen molar-refractivity contribution in [1.82, 2.24) is 9.88 Å². The molecule has 3 aromatic rings. The molecule has 1 aromatic heterocycles. The van der Waals surface area contributed by atoms with Gasteiger partial charge < -0.3 is 5.32 Å². The Morgan fingerprint density at radius 2 is 1.92 bits per heavy atom. The number of nitrogens with zero attached hydrogens (tertiary/aromatic N) is 2. The number of benzene rings is 2. The van der Waals surface area contributed by atoms with Gasteiger partial charge in [-0.3, -0.25) is 14.7 Å². The van der Waals surface area contributed by atoms with Gasteiger partial charge in [0.15, 0.2) is 0 Å². The summed E-state index contributed by atoms with van der Waals surface area (Å²) in [7, 11) is 1.91. The van der Waals surface area contributed by atoms with E-state index in [1.807, 2.05) is 66.5 Å². The van der Waals surface area contributed by atoms with E-state index in [4.69, 9.17) is 11.6 Å². The number of anilines is 1. The second-order valence-electron chi connectivity index (χ2n) is 5.69. The van der Waals surface area contributed by atoms with Crippen molar-refractivity contribution in [2.45, 2.75) is 6.54 Å². The molecule has 3 rings (SSSR count). The fourth-order valence-electron chi connectivity index (χ4n) is 2.64. The summed E-state index contributed by atoms with van der Waals surface area (Å²) in [6.45, 7) is 0.915. The fraction of sp³-hybridized carbons (Fsp3) is 0.158. The molecule has 0 radical (unpaired) electrons. The summed E-state index contributed by atoms with van der Waals surface area (Å²) in [5.74, 6) is -0.0464. The number of pyridine rings is 1. The molecule has 0 fully saturated rings. The first-order valence-electron chi connectivity index (χ1n) is 7.69. The third-order valence-electron chi connectivity index (χ3n) is 3.71. The van der Waals surface area contributed by atoms with Gasteiger partial charge in [0.05, 0.1) is 12.1 Å². The van der Waals surface area contributed by atoms with E-state index in [1.165, 1.54) is 0 Å². The largest absolute Gasteiger partial charge is 0.325 e. The van der Waals surface area contributed by atoms with Gasteiger partial charge in [-0.15, -0.1) is 0 Å². The number of hydrogen-bond donors (Lipinski definition) is 1. The van der Waals surface area contributed by atoms with Crippen LogP contribution in [0.3, 0.4) is 0 Å². The van der Waals surface area contributed by atoms with Crippen LogP contribution in [0.4, 0.5) is 5.69 Å². The fourth-order valence-corrected chi connectivity index (χ4v) is 2.85. The molecule has 0 aliphatic rings. The molecule has 1 amide bonds. The molecule has 5 heteroatoms. The number of amides is 1. The first kappa shape index (κ1) is 16.4. The van der Waals surface area contributed by atoms with Crippen molar-refractivity contribution < 1.29 is 4.79 Å². The first-order chi connectivity index (χ1) is 11.6. The van der Waals surface area contributed by atoms with Gasteiger partial charge in [-0.1, -0.05) is 35.9 Å². The van der Waals surface area contributed by atoms with Crippen molar-refractivity contribution in [3.63, 3.8) is 0 Å². The van der Waals surface area contributed by atoms with E-state index >= 15 is 0 Å². The third kappa shape index (κ3) is 3.91. The van der Waals surface area contributed by atoms with E-state index in [0.29, 0.717) is 18.1 Å². The van der Waals surface area contributed by atoms with Crippen molar-refractivity contribution in [3.05, 3.63) is 71.4 Å². The van der Waals surface area contributed by atoms with Crippen LogP contribution in [0.2, 0.25) is 5.02 Å². The average molecular weight is 340 g/mol. The summed E-state index contributed by atoms with van der Waals surface area (Å²) in [5.41, 5.74) is 2.72. The highest BCUT2D eigenvalue weighted by Crippen LogP contribution is 2.25. The van der Waals surface area contributed by atoms with Gasteiger partial charge in [0.25, 0.3) is 0 Å². The van der Waals surface area contributed by atoms with Gasteiger partial charge in [-0.2, -0.15) is 0 Å². The van der Waals surface area contributed by atoms with E-state index in [9.17, 15) is 4.79 Å². The molecule has 122 valence electrons. The maximum Gasteiger partial charge on any atom is 0.238 e. The van der Waals surface area contributed by atoms with Crippen molar-refractivity contribution in [2.75, 3.05) is 18.9 Å². The number of carbonyl (C=O) groups excluding carboxylic acids is 1. The van der Waals surface area contributed by atoms with Gasteiger partial charge in [0.2, 0.25) is 5.91 Å². The van der Waals surface area contributed by atoms with Crippen molar-refractivity contribution >= 4 is 34.1 Å². The highest BCUT2D eigenvalue weighted by molar-refractivity contribution is 6.35. The number of likely N-dealkylation sites (N-methyl/N-ethyl adjacent to an activating group) is 1. The third-order valence-corrected chi connectivity index (χ3v) is 4.04. The summed E-state index contributed by atoms with van der Waals surface area (Å²) in [6, 6.07) is 17.1. The molecule has 0 saturated heterocycles. The number of fused-ring (bicyclic) bond motifs is 1. The standard InChI is InChI=1S/C19H18ClN3O/c1-23(13-18(24)22-15-6-3-2-4-7-15)12-14-9-10-17(20)16-8-5-11-21-19(14)16/h2-11H,12-13H2,1H3,(H,22,24). The smallest absolute Gasteiger partial charge is 0.238 e. The minimum atomic E-state index is -0.0464. The maximum absolute atomic E-state index is 12.1. The number of carbonyl (C=O) groups is 1. The van der Waals surface area contributed by atoms with Crippen LogP contribution in [0, 0.1) is 0 Å². The highest BCUT2D eigenvalue weighted by Gasteiger charge is 2.11. The van der Waals surface area contributed by atoms with E-state index in [-0.39, 0.29) is 5.91 Å². The second-order valence-corrected chi connectivity index (χ2v) is 6.10. The van der Waals surface area contributed by atoms with Crippen LogP contribution in [0.1, 0.15) is 5.56 Å². The lowest BCUT2D eigenvalue weighted by Gasteiger charge is -2.17. The summed E-state index contributed by atoms with van der Waals surface area (Å²) in [6.07, 6.45) is 1.75. The van der Waals surface area contributed by atoms with Crippen LogP contribution >= 0.6 is 11.6 Å². The molecule has 1 heterocycles. The summed E-state index contributed by atoms with van der Waals surface area (Å²) < 4.78 is 0. The predicted octanol–water partition coefficient (Wildman–Crippen LogP) is 3.96. The number of para-hydroxylation sites is 1. The minimum Gasteiger partial charge on any atom is -0.325 e. The lowest BCUT2D eigenvalue weighted by molar-refractivity contribution is -0.117. The highest BCUT2D eigenvalue weighted by atomic mass is 35.5. The van der Waals surface area contributed by atoms with Gasteiger partial charge in [0.1, 0.15) is 0 Å². The van der Waals surface area contributed by atoms with Gasteiger partial charge >= 0.3 is 0 Å². The van der Waals surface area contributed by atoms with E-state index in [1.54, 1.807) is 6.20 Å². The molecule has 0 saturated carbocycles. The van der Waals surface area contributed by atoms with Crippen molar-refractivity contribution in [1.29, 1.82) is 0 Å². The number of hydrogen-bond acceptors (Lipinski definition) is 3. The monoisotopic (exact) mass is 339 g/mol. The van der Waals surface area contributed by atoms with E-state index < -0.39 is 0 Å². The Balaban J connectivity index is 1.68. The molecular formula is C19H18ClN3O. The molecule has 1 N–H and O–H groups in total. The number of aromatic nitrogens is 1. The lowest BCUT2D eigenvalue weighted by atomic mass is 10.1. The molecule has 0 spiro atoms. The summed E-state index contributed by atoms with van der Waals surface area (Å²) >= 11 is 6.22. The predicted molar refractivity (Wildman–Crippen MR) is 98.2 cm³/mol. The van der Waals surface area contributed by atoms with E-state index in [2.05, 4.69) is 10.3 Å². The molecule has 24 heavy (non-hydrogen) atoms. The van der Waals surface area contributed by atoms with Crippen LogP contribution in [0.5, 0.6) is 0 Å². The zero-order chi connectivity index (χ0) is 16.9. The number of rotatable bonds is 5. The topological polar surface area (TPSA) is 45.2 Å². The zero-order valence-electron chi connectivity index (χ0n) is 13.4. The minimum absolute atomic E-state index is 0.0464. The Labute approximate surface area is 146 Å². The van der Waals surface area contributed by atoms with Crippen LogP contribution in [-0.2, 0) is 11.3 Å². The lowest BCUT2D eigenvalue weighted by Crippen LogP contribution is -2.29. The summed E-state index contributed by atoms with van der Waals surface area (Å²) in [5, 5.41) is 4.50. The Hall–Kier alpha value is -2.43.